The molecule has 1 fully saturated rings. The Labute approximate surface area is 141 Å². The van der Waals surface area contributed by atoms with Crippen molar-refractivity contribution in [1.82, 2.24) is 19.3 Å². The lowest BCUT2D eigenvalue weighted by molar-refractivity contribution is 0.242. The largest absolute Gasteiger partial charge is 0.497 e. The van der Waals surface area contributed by atoms with Gasteiger partial charge in [-0.05, 0) is 30.0 Å². The molecule has 3 heterocycles. The summed E-state index contributed by atoms with van der Waals surface area (Å²) in [6.07, 6.45) is 8.75. The van der Waals surface area contributed by atoms with Crippen LogP contribution in [-0.2, 0) is 6.54 Å². The van der Waals surface area contributed by atoms with E-state index in [4.69, 9.17) is 4.74 Å². The maximum absolute atomic E-state index is 5.28. The van der Waals surface area contributed by atoms with Gasteiger partial charge in [0.2, 0.25) is 0 Å². The number of imidazole rings is 1. The fourth-order valence-corrected chi connectivity index (χ4v) is 3.70. The molecule has 1 saturated heterocycles. The Bertz CT molecular complexity index is 827. The van der Waals surface area contributed by atoms with E-state index in [1.165, 1.54) is 17.7 Å². The fraction of sp³-hybridized carbons (Fsp3) is 0.368. The Balaban J connectivity index is 1.60. The van der Waals surface area contributed by atoms with Gasteiger partial charge in [0.15, 0.2) is 5.65 Å². The smallest absolute Gasteiger partial charge is 0.155 e. The summed E-state index contributed by atoms with van der Waals surface area (Å²) in [6, 6.07) is 8.92. The second kappa shape index (κ2) is 6.24. The van der Waals surface area contributed by atoms with Gasteiger partial charge < -0.3 is 4.74 Å². The number of likely N-dealkylation sites (tertiary alicyclic amines) is 1. The number of ether oxygens (including phenoxy) is 1. The lowest BCUT2D eigenvalue weighted by Crippen LogP contribution is -2.24. The topological polar surface area (TPSA) is 42.7 Å². The van der Waals surface area contributed by atoms with Gasteiger partial charge in [-0.2, -0.15) is 0 Å². The van der Waals surface area contributed by atoms with E-state index in [2.05, 4.69) is 50.5 Å². The molecular formula is C19H22N4O. The van der Waals surface area contributed by atoms with Crippen LogP contribution in [-0.4, -0.2) is 32.9 Å². The average Bonchev–Trinajstić information content (AvgIpc) is 3.19. The van der Waals surface area contributed by atoms with E-state index >= 15 is 0 Å². The van der Waals surface area contributed by atoms with E-state index in [1.54, 1.807) is 13.3 Å². The molecule has 0 saturated carbocycles. The summed E-state index contributed by atoms with van der Waals surface area (Å²) in [6.45, 7) is 4.33. The second-order valence-electron chi connectivity index (χ2n) is 6.61. The minimum Gasteiger partial charge on any atom is -0.497 e. The van der Waals surface area contributed by atoms with E-state index in [9.17, 15) is 0 Å². The quantitative estimate of drug-likeness (QED) is 0.739. The molecule has 4 rings (SSSR count). The summed E-state index contributed by atoms with van der Waals surface area (Å²) in [7, 11) is 1.71. The van der Waals surface area contributed by atoms with Crippen molar-refractivity contribution >= 4 is 5.65 Å². The molecule has 0 unspecified atom stereocenters. The third kappa shape index (κ3) is 2.76. The minimum atomic E-state index is 0.443. The van der Waals surface area contributed by atoms with Crippen LogP contribution in [0.3, 0.4) is 0 Å². The molecular weight excluding hydrogens is 300 g/mol. The summed E-state index contributed by atoms with van der Waals surface area (Å²) in [5.41, 5.74) is 3.47. The molecule has 1 aliphatic rings. The van der Waals surface area contributed by atoms with Crippen LogP contribution in [0.5, 0.6) is 5.75 Å². The van der Waals surface area contributed by atoms with E-state index in [0.29, 0.717) is 12.0 Å². The molecule has 2 aromatic heterocycles. The van der Waals surface area contributed by atoms with E-state index in [0.717, 1.165) is 24.5 Å². The lowest BCUT2D eigenvalue weighted by Gasteiger charge is -2.24. The van der Waals surface area contributed by atoms with Crippen molar-refractivity contribution in [2.24, 2.45) is 5.92 Å². The molecule has 124 valence electrons. The molecule has 1 aliphatic heterocycles. The van der Waals surface area contributed by atoms with Gasteiger partial charge in [-0.25, -0.2) is 4.98 Å². The molecule has 24 heavy (non-hydrogen) atoms. The molecule has 0 radical (unpaired) electrons. The monoisotopic (exact) mass is 322 g/mol. The highest BCUT2D eigenvalue weighted by Crippen LogP contribution is 2.36. The Morgan fingerprint density at radius 3 is 2.83 bits per heavy atom. The Kier molecular flexibility index (Phi) is 3.94. The van der Waals surface area contributed by atoms with Crippen molar-refractivity contribution in [2.45, 2.75) is 25.9 Å². The molecule has 2 atom stereocenters. The van der Waals surface area contributed by atoms with Gasteiger partial charge in [0.25, 0.3) is 0 Å². The number of hydrogen-bond donors (Lipinski definition) is 0. The first-order valence-electron chi connectivity index (χ1n) is 8.38. The van der Waals surface area contributed by atoms with Gasteiger partial charge in [-0.15, -0.1) is 0 Å². The second-order valence-corrected chi connectivity index (χ2v) is 6.61. The number of benzene rings is 1. The van der Waals surface area contributed by atoms with Crippen molar-refractivity contribution in [2.75, 3.05) is 13.7 Å². The molecule has 0 N–H and O–H groups in total. The Morgan fingerprint density at radius 2 is 2.04 bits per heavy atom. The van der Waals surface area contributed by atoms with Gasteiger partial charge in [-0.3, -0.25) is 14.3 Å². The molecule has 5 nitrogen and oxygen atoms in total. The lowest BCUT2D eigenvalue weighted by atomic mass is 10.0. The first kappa shape index (κ1) is 15.1. The standard InChI is InChI=1S/C19H22N4O/c1-14-9-18(15-3-5-17(24-2)6-4-15)22(12-14)13-16-10-21-19-11-20-7-8-23(16)19/h3-8,10-11,14,18H,9,12-13H2,1-2H3/t14-,18-/m0/s1. The van der Waals surface area contributed by atoms with Gasteiger partial charge in [-0.1, -0.05) is 19.1 Å². The molecule has 0 amide bonds. The van der Waals surface area contributed by atoms with Gasteiger partial charge in [0, 0.05) is 31.5 Å². The molecule has 3 aromatic rings. The number of methoxy groups -OCH3 is 1. The first-order valence-corrected chi connectivity index (χ1v) is 8.38. The molecule has 0 bridgehead atoms. The Hall–Kier alpha value is -2.40. The van der Waals surface area contributed by atoms with Crippen molar-refractivity contribution in [3.05, 3.63) is 60.3 Å². The highest BCUT2D eigenvalue weighted by molar-refractivity contribution is 5.37. The summed E-state index contributed by atoms with van der Waals surface area (Å²) >= 11 is 0. The predicted molar refractivity (Wildman–Crippen MR) is 92.9 cm³/mol. The van der Waals surface area contributed by atoms with Crippen molar-refractivity contribution in [3.63, 3.8) is 0 Å². The SMILES string of the molecule is COc1ccc([C@@H]2C[C@H](C)CN2Cc2cnc3cnccn23)cc1. The van der Waals surface area contributed by atoms with Crippen LogP contribution in [0.25, 0.3) is 5.65 Å². The third-order valence-corrected chi connectivity index (χ3v) is 4.87. The zero-order valence-electron chi connectivity index (χ0n) is 14.1. The Morgan fingerprint density at radius 1 is 1.21 bits per heavy atom. The number of hydrogen-bond acceptors (Lipinski definition) is 4. The normalized spacial score (nSPS) is 21.4. The fourth-order valence-electron chi connectivity index (χ4n) is 3.70. The van der Waals surface area contributed by atoms with E-state index in [-0.39, 0.29) is 0 Å². The highest BCUT2D eigenvalue weighted by atomic mass is 16.5. The van der Waals surface area contributed by atoms with Gasteiger partial charge >= 0.3 is 0 Å². The van der Waals surface area contributed by atoms with E-state index < -0.39 is 0 Å². The van der Waals surface area contributed by atoms with Crippen molar-refractivity contribution in [3.8, 4) is 5.75 Å². The van der Waals surface area contributed by atoms with Crippen LogP contribution in [0.15, 0.2) is 49.1 Å². The van der Waals surface area contributed by atoms with Crippen LogP contribution < -0.4 is 4.74 Å². The minimum absolute atomic E-state index is 0.443. The summed E-state index contributed by atoms with van der Waals surface area (Å²) < 4.78 is 7.41. The molecule has 0 spiro atoms. The van der Waals surface area contributed by atoms with Gasteiger partial charge in [0.05, 0.1) is 25.2 Å². The zero-order chi connectivity index (χ0) is 16.5. The van der Waals surface area contributed by atoms with Crippen LogP contribution in [0, 0.1) is 5.92 Å². The number of nitrogens with zero attached hydrogens (tertiary/aromatic N) is 4. The number of rotatable bonds is 4. The summed E-state index contributed by atoms with van der Waals surface area (Å²) in [5.74, 6) is 1.60. The van der Waals surface area contributed by atoms with Crippen molar-refractivity contribution < 1.29 is 4.74 Å². The maximum atomic E-state index is 5.28. The summed E-state index contributed by atoms with van der Waals surface area (Å²) in [5, 5.41) is 0. The number of fused-ring (bicyclic) bond motifs is 1. The van der Waals surface area contributed by atoms with Gasteiger partial charge in [0.1, 0.15) is 5.75 Å². The molecule has 1 aromatic carbocycles. The van der Waals surface area contributed by atoms with Crippen LogP contribution in [0.2, 0.25) is 0 Å². The van der Waals surface area contributed by atoms with Crippen LogP contribution >= 0.6 is 0 Å². The van der Waals surface area contributed by atoms with Crippen LogP contribution in [0.1, 0.15) is 30.6 Å². The van der Waals surface area contributed by atoms with Crippen LogP contribution in [0.4, 0.5) is 0 Å². The third-order valence-electron chi connectivity index (χ3n) is 4.87. The predicted octanol–water partition coefficient (Wildman–Crippen LogP) is 3.32. The molecule has 5 heteroatoms. The highest BCUT2D eigenvalue weighted by Gasteiger charge is 2.31. The average molecular weight is 322 g/mol. The summed E-state index contributed by atoms with van der Waals surface area (Å²) in [4.78, 5) is 11.1. The van der Waals surface area contributed by atoms with Crippen molar-refractivity contribution in [1.29, 1.82) is 0 Å². The van der Waals surface area contributed by atoms with E-state index in [1.807, 2.05) is 18.6 Å². The zero-order valence-corrected chi connectivity index (χ0v) is 14.1. The number of aromatic nitrogens is 3. The first-order chi connectivity index (χ1) is 11.7. The maximum Gasteiger partial charge on any atom is 0.155 e. The molecule has 0 aliphatic carbocycles.